The standard InChI is InChI=1S/C21H22Cl2N2O3S/c1-13-14(2)25(9-8-24(13)17-5-3-4-16(22)11-17)21(28)15-6-7-19(18(23)10-15)29-12-20(26)27/h3-7,10-11,13-14H,8-9,12H2,1-2H3,(H,26,27)/t13?,14-/m0/s1. The number of amides is 1. The SMILES string of the molecule is CC1[C@H](C)N(C(=O)c2ccc(SCC(=O)O)c(Cl)c2)CCN1c1cccc(Cl)c1. The minimum atomic E-state index is -0.911. The Morgan fingerprint density at radius 3 is 2.52 bits per heavy atom. The fourth-order valence-electron chi connectivity index (χ4n) is 3.51. The largest absolute Gasteiger partial charge is 0.481 e. The number of benzene rings is 2. The van der Waals surface area contributed by atoms with Crippen molar-refractivity contribution < 1.29 is 14.7 Å². The molecule has 1 heterocycles. The number of aliphatic carboxylic acids is 1. The molecule has 8 heteroatoms. The molecule has 1 saturated heterocycles. The van der Waals surface area contributed by atoms with Gasteiger partial charge in [0.1, 0.15) is 0 Å². The van der Waals surface area contributed by atoms with Crippen molar-refractivity contribution >= 4 is 52.5 Å². The summed E-state index contributed by atoms with van der Waals surface area (Å²) in [7, 11) is 0. The van der Waals surface area contributed by atoms with Crippen LogP contribution in [0.5, 0.6) is 0 Å². The summed E-state index contributed by atoms with van der Waals surface area (Å²) in [5, 5.41) is 9.90. The first kappa shape index (κ1) is 21.8. The van der Waals surface area contributed by atoms with E-state index < -0.39 is 5.97 Å². The number of nitrogens with zero attached hydrogens (tertiary/aromatic N) is 2. The molecule has 0 bridgehead atoms. The third-order valence-electron chi connectivity index (χ3n) is 5.19. The molecule has 2 atom stereocenters. The number of thioether (sulfide) groups is 1. The number of rotatable bonds is 5. The Kier molecular flexibility index (Phi) is 6.98. The van der Waals surface area contributed by atoms with E-state index in [-0.39, 0.29) is 23.7 Å². The molecule has 5 nitrogen and oxygen atoms in total. The van der Waals surface area contributed by atoms with Gasteiger partial charge in [-0.05, 0) is 50.2 Å². The number of hydrogen-bond donors (Lipinski definition) is 1. The van der Waals surface area contributed by atoms with E-state index in [9.17, 15) is 9.59 Å². The maximum absolute atomic E-state index is 13.1. The molecule has 0 aliphatic carbocycles. The van der Waals surface area contributed by atoms with Crippen LogP contribution in [0.15, 0.2) is 47.4 Å². The molecule has 0 aromatic heterocycles. The van der Waals surface area contributed by atoms with Crippen LogP contribution >= 0.6 is 35.0 Å². The van der Waals surface area contributed by atoms with Crippen molar-refractivity contribution in [2.24, 2.45) is 0 Å². The molecule has 0 spiro atoms. The molecule has 2 aromatic rings. The molecular formula is C21H22Cl2N2O3S. The Hall–Kier alpha value is -1.89. The Bertz CT molecular complexity index is 925. The van der Waals surface area contributed by atoms with Gasteiger partial charge in [0.2, 0.25) is 0 Å². The monoisotopic (exact) mass is 452 g/mol. The third kappa shape index (κ3) is 5.00. The molecule has 0 radical (unpaired) electrons. The van der Waals surface area contributed by atoms with Crippen molar-refractivity contribution in [1.29, 1.82) is 0 Å². The molecular weight excluding hydrogens is 431 g/mol. The lowest BCUT2D eigenvalue weighted by molar-refractivity contribution is -0.133. The van der Waals surface area contributed by atoms with Crippen molar-refractivity contribution in [3.63, 3.8) is 0 Å². The summed E-state index contributed by atoms with van der Waals surface area (Å²) in [6, 6.07) is 12.9. The second-order valence-corrected chi connectivity index (χ2v) is 8.84. The number of carbonyl (C=O) groups is 2. The van der Waals surface area contributed by atoms with Gasteiger partial charge in [-0.15, -0.1) is 11.8 Å². The Morgan fingerprint density at radius 1 is 1.10 bits per heavy atom. The summed E-state index contributed by atoms with van der Waals surface area (Å²) in [6.07, 6.45) is 0. The van der Waals surface area contributed by atoms with Gasteiger partial charge in [-0.25, -0.2) is 0 Å². The van der Waals surface area contributed by atoms with Crippen LogP contribution in [0.1, 0.15) is 24.2 Å². The quantitative estimate of drug-likeness (QED) is 0.652. The predicted octanol–water partition coefficient (Wildman–Crippen LogP) is 4.91. The van der Waals surface area contributed by atoms with Crippen molar-refractivity contribution in [1.82, 2.24) is 4.90 Å². The fourth-order valence-corrected chi connectivity index (χ4v) is 4.67. The van der Waals surface area contributed by atoms with Crippen LogP contribution in [-0.4, -0.2) is 52.8 Å². The first-order valence-corrected chi connectivity index (χ1v) is 11.0. The number of piperazine rings is 1. The van der Waals surface area contributed by atoms with Crippen molar-refractivity contribution in [2.75, 3.05) is 23.7 Å². The van der Waals surface area contributed by atoms with E-state index in [0.29, 0.717) is 33.6 Å². The van der Waals surface area contributed by atoms with Crippen LogP contribution < -0.4 is 4.90 Å². The molecule has 154 valence electrons. The van der Waals surface area contributed by atoms with Crippen molar-refractivity contribution in [3.8, 4) is 0 Å². The average molecular weight is 453 g/mol. The average Bonchev–Trinajstić information content (AvgIpc) is 2.68. The maximum atomic E-state index is 13.1. The van der Waals surface area contributed by atoms with Gasteiger partial charge in [0.05, 0.1) is 10.8 Å². The number of hydrogen-bond acceptors (Lipinski definition) is 4. The van der Waals surface area contributed by atoms with Crippen LogP contribution in [0.25, 0.3) is 0 Å². The maximum Gasteiger partial charge on any atom is 0.313 e. The highest BCUT2D eigenvalue weighted by Gasteiger charge is 2.34. The summed E-state index contributed by atoms with van der Waals surface area (Å²) < 4.78 is 0. The first-order chi connectivity index (χ1) is 13.8. The lowest BCUT2D eigenvalue weighted by Gasteiger charge is -2.46. The zero-order chi connectivity index (χ0) is 21.1. The van der Waals surface area contributed by atoms with E-state index in [1.165, 1.54) is 0 Å². The summed E-state index contributed by atoms with van der Waals surface area (Å²) in [6.45, 7) is 5.43. The number of carbonyl (C=O) groups excluding carboxylic acids is 1. The fraction of sp³-hybridized carbons (Fsp3) is 0.333. The predicted molar refractivity (Wildman–Crippen MR) is 119 cm³/mol. The Morgan fingerprint density at radius 2 is 1.86 bits per heavy atom. The van der Waals surface area contributed by atoms with Crippen LogP contribution in [0.2, 0.25) is 10.0 Å². The van der Waals surface area contributed by atoms with Gasteiger partial charge in [-0.2, -0.15) is 0 Å². The molecule has 29 heavy (non-hydrogen) atoms. The summed E-state index contributed by atoms with van der Waals surface area (Å²) in [4.78, 5) is 28.6. The Labute approximate surface area is 184 Å². The molecule has 1 aliphatic rings. The normalized spacial score (nSPS) is 19.3. The minimum Gasteiger partial charge on any atom is -0.481 e. The van der Waals surface area contributed by atoms with Gasteiger partial charge < -0.3 is 14.9 Å². The summed E-state index contributed by atoms with van der Waals surface area (Å²) in [5.41, 5.74) is 1.55. The first-order valence-electron chi connectivity index (χ1n) is 9.25. The van der Waals surface area contributed by atoms with Crippen LogP contribution in [0.3, 0.4) is 0 Å². The third-order valence-corrected chi connectivity index (χ3v) is 6.91. The molecule has 2 aromatic carbocycles. The van der Waals surface area contributed by atoms with E-state index in [2.05, 4.69) is 11.8 Å². The topological polar surface area (TPSA) is 60.9 Å². The van der Waals surface area contributed by atoms with Crippen LogP contribution in [0, 0.1) is 0 Å². The van der Waals surface area contributed by atoms with Gasteiger partial charge in [-0.1, -0.05) is 29.3 Å². The van der Waals surface area contributed by atoms with Crippen molar-refractivity contribution in [3.05, 3.63) is 58.1 Å². The smallest absolute Gasteiger partial charge is 0.313 e. The molecule has 1 N–H and O–H groups in total. The number of anilines is 1. The highest BCUT2D eigenvalue weighted by atomic mass is 35.5. The lowest BCUT2D eigenvalue weighted by atomic mass is 10.0. The van der Waals surface area contributed by atoms with E-state index in [1.54, 1.807) is 18.2 Å². The Balaban J connectivity index is 1.73. The van der Waals surface area contributed by atoms with Gasteiger partial charge >= 0.3 is 5.97 Å². The van der Waals surface area contributed by atoms with Gasteiger partial charge in [-0.3, -0.25) is 9.59 Å². The molecule has 1 amide bonds. The number of carboxylic acid groups (broad SMARTS) is 1. The minimum absolute atomic E-state index is 0.00457. The second-order valence-electron chi connectivity index (χ2n) is 6.98. The number of halogens is 2. The molecule has 3 rings (SSSR count). The zero-order valence-electron chi connectivity index (χ0n) is 16.1. The van der Waals surface area contributed by atoms with E-state index in [0.717, 1.165) is 17.4 Å². The van der Waals surface area contributed by atoms with E-state index in [4.69, 9.17) is 28.3 Å². The van der Waals surface area contributed by atoms with Gasteiger partial charge in [0.25, 0.3) is 5.91 Å². The molecule has 1 unspecified atom stereocenters. The molecule has 1 fully saturated rings. The van der Waals surface area contributed by atoms with Gasteiger partial charge in [0, 0.05) is 46.3 Å². The highest BCUT2D eigenvalue weighted by Crippen LogP contribution is 2.30. The van der Waals surface area contributed by atoms with Gasteiger partial charge in [0.15, 0.2) is 0 Å². The molecule has 0 saturated carbocycles. The zero-order valence-corrected chi connectivity index (χ0v) is 18.5. The van der Waals surface area contributed by atoms with E-state index in [1.807, 2.05) is 36.1 Å². The highest BCUT2D eigenvalue weighted by molar-refractivity contribution is 8.00. The summed E-state index contributed by atoms with van der Waals surface area (Å²) >= 11 is 13.5. The van der Waals surface area contributed by atoms with Crippen molar-refractivity contribution in [2.45, 2.75) is 30.8 Å². The second kappa shape index (κ2) is 9.28. The van der Waals surface area contributed by atoms with Crippen LogP contribution in [-0.2, 0) is 4.79 Å². The molecule has 1 aliphatic heterocycles. The van der Waals surface area contributed by atoms with Crippen LogP contribution in [0.4, 0.5) is 5.69 Å². The lowest BCUT2D eigenvalue weighted by Crippen LogP contribution is -2.59. The number of carboxylic acids is 1. The van der Waals surface area contributed by atoms with E-state index >= 15 is 0 Å². The summed E-state index contributed by atoms with van der Waals surface area (Å²) in [5.74, 6) is -1.06.